The van der Waals surface area contributed by atoms with Crippen molar-refractivity contribution in [2.75, 3.05) is 5.75 Å². The van der Waals surface area contributed by atoms with Gasteiger partial charge in [0.05, 0.1) is 5.69 Å². The first-order valence-corrected chi connectivity index (χ1v) is 7.60. The summed E-state index contributed by atoms with van der Waals surface area (Å²) < 4.78 is 1.82. The fourth-order valence-electron chi connectivity index (χ4n) is 2.25. The van der Waals surface area contributed by atoms with Crippen LogP contribution in [0.25, 0.3) is 11.3 Å². The number of thioether (sulfide) groups is 1. The van der Waals surface area contributed by atoms with Gasteiger partial charge >= 0.3 is 0 Å². The first-order chi connectivity index (χ1) is 10.1. The summed E-state index contributed by atoms with van der Waals surface area (Å²) in [6.07, 6.45) is 3.30. The lowest BCUT2D eigenvalue weighted by Crippen LogP contribution is -2.32. The largest absolute Gasteiger partial charge is 0.304 e. The summed E-state index contributed by atoms with van der Waals surface area (Å²) in [5.41, 5.74) is 1.67. The number of nitriles is 1. The Morgan fingerprint density at radius 2 is 2.14 bits per heavy atom. The zero-order chi connectivity index (χ0) is 15.0. The topological polar surface area (TPSA) is 91.2 Å². The molecule has 0 saturated heterocycles. The van der Waals surface area contributed by atoms with E-state index in [1.807, 2.05) is 4.57 Å². The average Bonchev–Trinajstić information content (AvgIpc) is 2.48. The number of fused-ring (bicyclic) bond motifs is 1. The van der Waals surface area contributed by atoms with Crippen molar-refractivity contribution < 1.29 is 0 Å². The minimum Gasteiger partial charge on any atom is -0.304 e. The molecule has 6 nitrogen and oxygen atoms in total. The Kier molecular flexibility index (Phi) is 3.47. The first kappa shape index (κ1) is 13.8. The third-order valence-electron chi connectivity index (χ3n) is 3.34. The maximum absolute atomic E-state index is 9.41. The number of nitrogens with one attached hydrogen (secondary N) is 1. The molecule has 106 valence electrons. The van der Waals surface area contributed by atoms with Crippen molar-refractivity contribution in [2.24, 2.45) is 5.92 Å². The fourth-order valence-corrected chi connectivity index (χ4v) is 3.26. The van der Waals surface area contributed by atoms with Crippen LogP contribution in [0.1, 0.15) is 18.3 Å². The van der Waals surface area contributed by atoms with Crippen LogP contribution < -0.4 is 5.49 Å². The fraction of sp³-hybridized carbons (Fsp3) is 0.357. The summed E-state index contributed by atoms with van der Waals surface area (Å²) >= 11 is 1.62. The van der Waals surface area contributed by atoms with E-state index in [1.54, 1.807) is 31.1 Å². The number of rotatable bonds is 1. The number of aryl methyl sites for hydroxylation is 1. The van der Waals surface area contributed by atoms with E-state index in [9.17, 15) is 5.26 Å². The summed E-state index contributed by atoms with van der Waals surface area (Å²) in [6, 6.07) is 2.11. The quantitative estimate of drug-likeness (QED) is 0.810. The van der Waals surface area contributed by atoms with Crippen LogP contribution in [0.5, 0.6) is 0 Å². The van der Waals surface area contributed by atoms with E-state index >= 15 is 0 Å². The molecule has 1 aliphatic rings. The average molecular weight is 298 g/mol. The van der Waals surface area contributed by atoms with Crippen LogP contribution in [0.4, 0.5) is 0 Å². The highest BCUT2D eigenvalue weighted by molar-refractivity contribution is 7.99. The van der Waals surface area contributed by atoms with E-state index in [0.717, 1.165) is 17.5 Å². The van der Waals surface area contributed by atoms with Crippen molar-refractivity contribution >= 4 is 11.8 Å². The van der Waals surface area contributed by atoms with E-state index in [2.05, 4.69) is 27.9 Å². The predicted octanol–water partition coefficient (Wildman–Crippen LogP) is 1.74. The monoisotopic (exact) mass is 298 g/mol. The van der Waals surface area contributed by atoms with E-state index < -0.39 is 0 Å². The van der Waals surface area contributed by atoms with Gasteiger partial charge in [0.15, 0.2) is 5.16 Å². The first-order valence-electron chi connectivity index (χ1n) is 6.61. The molecule has 3 heterocycles. The van der Waals surface area contributed by atoms with E-state index in [4.69, 9.17) is 5.41 Å². The zero-order valence-electron chi connectivity index (χ0n) is 11.8. The lowest BCUT2D eigenvalue weighted by atomic mass is 10.1. The summed E-state index contributed by atoms with van der Waals surface area (Å²) in [7, 11) is 0. The SMILES string of the molecule is Cc1ncc(-c2nc3n(c(=N)c2C#N)CC(C)CS3)cn1. The van der Waals surface area contributed by atoms with Crippen LogP contribution in [0.2, 0.25) is 0 Å². The normalized spacial score (nSPS) is 17.1. The number of hydrogen-bond acceptors (Lipinski definition) is 6. The van der Waals surface area contributed by atoms with Crippen LogP contribution in [0.3, 0.4) is 0 Å². The van der Waals surface area contributed by atoms with Crippen molar-refractivity contribution in [1.82, 2.24) is 19.5 Å². The van der Waals surface area contributed by atoms with Gasteiger partial charge in [0.25, 0.3) is 0 Å². The molecule has 0 aliphatic carbocycles. The molecule has 0 amide bonds. The highest BCUT2D eigenvalue weighted by atomic mass is 32.2. The van der Waals surface area contributed by atoms with Gasteiger partial charge in [-0.15, -0.1) is 0 Å². The molecule has 21 heavy (non-hydrogen) atoms. The van der Waals surface area contributed by atoms with Gasteiger partial charge in [0, 0.05) is 30.3 Å². The molecular formula is C14H14N6S. The molecule has 0 saturated carbocycles. The number of hydrogen-bond donors (Lipinski definition) is 1. The lowest BCUT2D eigenvalue weighted by Gasteiger charge is -2.23. The smallest absolute Gasteiger partial charge is 0.170 e. The highest BCUT2D eigenvalue weighted by Crippen LogP contribution is 2.28. The molecule has 0 fully saturated rings. The Hall–Kier alpha value is -2.20. The second-order valence-electron chi connectivity index (χ2n) is 5.12. The lowest BCUT2D eigenvalue weighted by molar-refractivity contribution is 0.452. The van der Waals surface area contributed by atoms with Gasteiger partial charge in [-0.1, -0.05) is 18.7 Å². The van der Waals surface area contributed by atoms with Crippen LogP contribution >= 0.6 is 11.8 Å². The van der Waals surface area contributed by atoms with Gasteiger partial charge in [-0.3, -0.25) is 5.41 Å². The Balaban J connectivity index is 2.23. The number of aromatic nitrogens is 4. The zero-order valence-corrected chi connectivity index (χ0v) is 12.6. The van der Waals surface area contributed by atoms with Crippen LogP contribution in [-0.2, 0) is 6.54 Å². The summed E-state index contributed by atoms with van der Waals surface area (Å²) in [6.45, 7) is 4.67. The van der Waals surface area contributed by atoms with Gasteiger partial charge in [0.1, 0.15) is 22.9 Å². The highest BCUT2D eigenvalue weighted by Gasteiger charge is 2.21. The van der Waals surface area contributed by atoms with Gasteiger partial charge in [0.2, 0.25) is 0 Å². The molecule has 1 unspecified atom stereocenters. The second-order valence-corrected chi connectivity index (χ2v) is 6.11. The summed E-state index contributed by atoms with van der Waals surface area (Å²) in [5.74, 6) is 2.11. The minimum absolute atomic E-state index is 0.220. The predicted molar refractivity (Wildman–Crippen MR) is 78.4 cm³/mol. The molecule has 1 atom stereocenters. The van der Waals surface area contributed by atoms with Crippen molar-refractivity contribution in [3.8, 4) is 17.3 Å². The van der Waals surface area contributed by atoms with Gasteiger partial charge < -0.3 is 4.57 Å². The van der Waals surface area contributed by atoms with Crippen molar-refractivity contribution in [3.05, 3.63) is 29.3 Å². The van der Waals surface area contributed by atoms with Crippen molar-refractivity contribution in [1.29, 1.82) is 10.7 Å². The molecule has 1 aliphatic heterocycles. The maximum Gasteiger partial charge on any atom is 0.170 e. The van der Waals surface area contributed by atoms with E-state index in [0.29, 0.717) is 23.0 Å². The molecule has 2 aromatic rings. The van der Waals surface area contributed by atoms with E-state index in [-0.39, 0.29) is 11.1 Å². The Bertz CT molecular complexity index is 787. The van der Waals surface area contributed by atoms with E-state index in [1.165, 1.54) is 0 Å². The molecule has 1 N–H and O–H groups in total. The third-order valence-corrected chi connectivity index (χ3v) is 4.64. The van der Waals surface area contributed by atoms with Crippen LogP contribution in [0.15, 0.2) is 17.6 Å². The molecule has 0 aromatic carbocycles. The Morgan fingerprint density at radius 1 is 1.43 bits per heavy atom. The Morgan fingerprint density at radius 3 is 2.81 bits per heavy atom. The summed E-state index contributed by atoms with van der Waals surface area (Å²) in [5, 5.41) is 18.5. The molecule has 3 rings (SSSR count). The second kappa shape index (κ2) is 5.30. The molecular weight excluding hydrogens is 284 g/mol. The van der Waals surface area contributed by atoms with Gasteiger partial charge in [-0.25, -0.2) is 15.0 Å². The van der Waals surface area contributed by atoms with Crippen molar-refractivity contribution in [3.63, 3.8) is 0 Å². The molecule has 0 bridgehead atoms. The maximum atomic E-state index is 9.41. The third kappa shape index (κ3) is 2.43. The standard InChI is InChI=1S/C14H14N6S/c1-8-6-20-13(16)11(3-15)12(19-14(20)21-7-8)10-4-17-9(2)18-5-10/h4-5,8,16H,6-7H2,1-2H3. The molecule has 0 radical (unpaired) electrons. The van der Waals surface area contributed by atoms with Crippen LogP contribution in [0, 0.1) is 29.6 Å². The number of nitrogens with zero attached hydrogens (tertiary/aromatic N) is 5. The molecule has 0 spiro atoms. The van der Waals surface area contributed by atoms with Gasteiger partial charge in [-0.05, 0) is 12.8 Å². The Labute approximate surface area is 126 Å². The van der Waals surface area contributed by atoms with Crippen molar-refractivity contribution in [2.45, 2.75) is 25.5 Å². The molecule has 2 aromatic heterocycles. The van der Waals surface area contributed by atoms with Crippen LogP contribution in [-0.4, -0.2) is 25.3 Å². The molecule has 7 heteroatoms. The van der Waals surface area contributed by atoms with Gasteiger partial charge in [-0.2, -0.15) is 5.26 Å². The summed E-state index contributed by atoms with van der Waals surface area (Å²) in [4.78, 5) is 12.9. The minimum atomic E-state index is 0.220.